The van der Waals surface area contributed by atoms with Crippen molar-refractivity contribution in [1.82, 2.24) is 4.90 Å². The Kier molecular flexibility index (Phi) is 6.39. The molecule has 0 spiro atoms. The number of rotatable bonds is 4. The number of hydrogen-bond acceptors (Lipinski definition) is 8. The van der Waals surface area contributed by atoms with Crippen molar-refractivity contribution in [3.63, 3.8) is 0 Å². The van der Waals surface area contributed by atoms with Crippen LogP contribution in [0.25, 0.3) is 0 Å². The van der Waals surface area contributed by atoms with Crippen molar-refractivity contribution < 1.29 is 35.4 Å². The van der Waals surface area contributed by atoms with E-state index in [1.807, 2.05) is 19.2 Å². The average Bonchev–Trinajstić information content (AvgIpc) is 2.76. The lowest BCUT2D eigenvalue weighted by Gasteiger charge is -2.41. The van der Waals surface area contributed by atoms with E-state index in [0.29, 0.717) is 23.5 Å². The molecule has 1 aromatic rings. The first-order valence-corrected chi connectivity index (χ1v) is 10.7. The Morgan fingerprint density at radius 1 is 1.10 bits per heavy atom. The van der Waals surface area contributed by atoms with Crippen LogP contribution in [0.3, 0.4) is 0 Å². The number of benzene rings is 1. The highest BCUT2D eigenvalue weighted by atomic mass is 16.5. The van der Waals surface area contributed by atoms with E-state index >= 15 is 0 Å². The summed E-state index contributed by atoms with van der Waals surface area (Å²) in [5.74, 6) is 0.749. The van der Waals surface area contributed by atoms with E-state index in [1.54, 1.807) is 12.1 Å². The van der Waals surface area contributed by atoms with Crippen molar-refractivity contribution in [2.24, 2.45) is 5.92 Å². The van der Waals surface area contributed by atoms with Gasteiger partial charge in [-0.05, 0) is 79.8 Å². The normalized spacial score (nSPS) is 36.5. The standard InChI is InChI=1S/C23H31NO7/c1-24-7-6-12-2-4-15(26)10-16(12)17(24)9-14-8-13(3-5-18(14)27)23-22(30)21(29)20(28)19(11-25)31-23/h3-5,8,10,12,17,19-23,25-30H,2,6-7,9,11H2,1H3/t12?,17?,19-,20-,21+,22-,23?/m1/s1. The van der Waals surface area contributed by atoms with E-state index in [9.17, 15) is 30.6 Å². The molecule has 0 saturated carbocycles. The second-order valence-corrected chi connectivity index (χ2v) is 8.83. The Balaban J connectivity index is 1.62. The van der Waals surface area contributed by atoms with Crippen LogP contribution in [0.1, 0.15) is 30.1 Å². The average molecular weight is 434 g/mol. The number of fused-ring (bicyclic) bond motifs is 1. The Morgan fingerprint density at radius 2 is 1.87 bits per heavy atom. The Labute approximate surface area is 181 Å². The number of phenols is 1. The van der Waals surface area contributed by atoms with E-state index in [2.05, 4.69) is 4.90 Å². The zero-order chi connectivity index (χ0) is 22.3. The maximum atomic E-state index is 10.5. The fraction of sp³-hybridized carbons (Fsp3) is 0.565. The number of likely N-dealkylation sites (N-methyl/N-ethyl adjacent to an activating group) is 1. The molecule has 0 radical (unpaired) electrons. The molecule has 7 atom stereocenters. The van der Waals surface area contributed by atoms with Gasteiger partial charge in [-0.2, -0.15) is 0 Å². The molecule has 2 fully saturated rings. The first-order valence-electron chi connectivity index (χ1n) is 10.7. The van der Waals surface area contributed by atoms with Gasteiger partial charge in [-0.1, -0.05) is 6.07 Å². The number of aliphatic hydroxyl groups is 5. The van der Waals surface area contributed by atoms with Gasteiger partial charge in [0.2, 0.25) is 0 Å². The van der Waals surface area contributed by atoms with E-state index in [-0.39, 0.29) is 17.6 Å². The van der Waals surface area contributed by atoms with E-state index in [1.165, 1.54) is 6.07 Å². The summed E-state index contributed by atoms with van der Waals surface area (Å²) in [5.41, 5.74) is 2.34. The van der Waals surface area contributed by atoms with Crippen molar-refractivity contribution in [1.29, 1.82) is 0 Å². The lowest BCUT2D eigenvalue weighted by atomic mass is 9.78. The predicted octanol–water partition coefficient (Wildman–Crippen LogP) is 0.542. The van der Waals surface area contributed by atoms with Gasteiger partial charge in [0.15, 0.2) is 0 Å². The third-order valence-corrected chi connectivity index (χ3v) is 6.88. The molecule has 0 aromatic heterocycles. The van der Waals surface area contributed by atoms with Gasteiger partial charge in [-0.15, -0.1) is 0 Å². The number of aromatic hydroxyl groups is 1. The Morgan fingerprint density at radius 3 is 2.61 bits per heavy atom. The van der Waals surface area contributed by atoms with Crippen LogP contribution in [0.5, 0.6) is 5.75 Å². The number of phenolic OH excluding ortho intramolecular Hbond substituents is 1. The largest absolute Gasteiger partial charge is 0.508 e. The number of likely N-dealkylation sites (tertiary alicyclic amines) is 1. The number of allylic oxidation sites excluding steroid dienone is 2. The first kappa shape index (κ1) is 22.3. The summed E-state index contributed by atoms with van der Waals surface area (Å²) >= 11 is 0. The minimum Gasteiger partial charge on any atom is -0.508 e. The van der Waals surface area contributed by atoms with Gasteiger partial charge in [-0.25, -0.2) is 0 Å². The van der Waals surface area contributed by atoms with E-state index < -0.39 is 37.1 Å². The predicted molar refractivity (Wildman–Crippen MR) is 112 cm³/mol. The molecule has 170 valence electrons. The van der Waals surface area contributed by atoms with Gasteiger partial charge in [0.05, 0.1) is 6.61 Å². The molecule has 3 aliphatic rings. The summed E-state index contributed by atoms with van der Waals surface area (Å²) in [6.45, 7) is 0.417. The molecule has 0 amide bonds. The van der Waals surface area contributed by atoms with Gasteiger partial charge in [-0.3, -0.25) is 4.90 Å². The van der Waals surface area contributed by atoms with Crippen LogP contribution in [-0.4, -0.2) is 86.2 Å². The van der Waals surface area contributed by atoms with Crippen molar-refractivity contribution in [3.05, 3.63) is 52.8 Å². The number of aliphatic hydroxyl groups excluding tert-OH is 5. The van der Waals surface area contributed by atoms with E-state index in [4.69, 9.17) is 4.74 Å². The molecule has 2 saturated heterocycles. The highest BCUT2D eigenvalue weighted by Gasteiger charge is 2.44. The molecule has 6 N–H and O–H groups in total. The molecule has 1 aliphatic carbocycles. The molecule has 4 rings (SSSR count). The fourth-order valence-corrected chi connectivity index (χ4v) is 4.97. The van der Waals surface area contributed by atoms with Crippen molar-refractivity contribution in [2.75, 3.05) is 20.2 Å². The van der Waals surface area contributed by atoms with Crippen LogP contribution in [0.15, 0.2) is 41.7 Å². The molecule has 1 aromatic carbocycles. The van der Waals surface area contributed by atoms with Crippen LogP contribution >= 0.6 is 0 Å². The number of piperidine rings is 1. The molecular weight excluding hydrogens is 402 g/mol. The fourth-order valence-electron chi connectivity index (χ4n) is 4.97. The van der Waals surface area contributed by atoms with E-state index in [0.717, 1.165) is 25.0 Å². The lowest BCUT2D eigenvalue weighted by Crippen LogP contribution is -2.55. The smallest absolute Gasteiger partial charge is 0.118 e. The maximum Gasteiger partial charge on any atom is 0.118 e. The second kappa shape index (κ2) is 8.90. The number of hydrogen-bond donors (Lipinski definition) is 6. The quantitative estimate of drug-likeness (QED) is 0.405. The Bertz CT molecular complexity index is 867. The molecule has 2 heterocycles. The SMILES string of the molecule is CN1CCC2CC=C(O)C=C2C1Cc1cc(C2O[C@H](CO)[C@@H](O)[C@H](O)[C@H]2O)ccc1O. The van der Waals surface area contributed by atoms with Gasteiger partial charge < -0.3 is 35.4 Å². The second-order valence-electron chi connectivity index (χ2n) is 8.83. The number of ether oxygens (including phenoxy) is 1. The van der Waals surface area contributed by atoms with Gasteiger partial charge in [0.25, 0.3) is 0 Å². The van der Waals surface area contributed by atoms with Crippen LogP contribution < -0.4 is 0 Å². The van der Waals surface area contributed by atoms with Crippen molar-refractivity contribution in [3.8, 4) is 5.75 Å². The molecular formula is C23H31NO7. The molecule has 3 unspecified atom stereocenters. The summed E-state index contributed by atoms with van der Waals surface area (Å²) < 4.78 is 5.67. The maximum absolute atomic E-state index is 10.5. The molecule has 0 bridgehead atoms. The minimum absolute atomic E-state index is 0.00514. The van der Waals surface area contributed by atoms with Gasteiger partial charge >= 0.3 is 0 Å². The van der Waals surface area contributed by atoms with Crippen LogP contribution in [-0.2, 0) is 11.2 Å². The molecule has 8 nitrogen and oxygen atoms in total. The summed E-state index contributed by atoms with van der Waals surface area (Å²) in [7, 11) is 2.02. The summed E-state index contributed by atoms with van der Waals surface area (Å²) in [5, 5.41) is 60.6. The Hall–Kier alpha value is -1.94. The van der Waals surface area contributed by atoms with Gasteiger partial charge in [0, 0.05) is 6.04 Å². The lowest BCUT2D eigenvalue weighted by molar-refractivity contribution is -0.231. The minimum atomic E-state index is -1.46. The van der Waals surface area contributed by atoms with Crippen LogP contribution in [0, 0.1) is 5.92 Å². The third-order valence-electron chi connectivity index (χ3n) is 6.88. The summed E-state index contributed by atoms with van der Waals surface area (Å²) in [4.78, 5) is 2.21. The number of nitrogens with zero attached hydrogens (tertiary/aromatic N) is 1. The monoisotopic (exact) mass is 433 g/mol. The van der Waals surface area contributed by atoms with Crippen molar-refractivity contribution >= 4 is 0 Å². The zero-order valence-corrected chi connectivity index (χ0v) is 17.5. The topological polar surface area (TPSA) is 134 Å². The van der Waals surface area contributed by atoms with Crippen LogP contribution in [0.4, 0.5) is 0 Å². The summed E-state index contributed by atoms with van der Waals surface area (Å²) in [6.07, 6.45) is -0.205. The van der Waals surface area contributed by atoms with Crippen LogP contribution in [0.2, 0.25) is 0 Å². The zero-order valence-electron chi connectivity index (χ0n) is 17.5. The summed E-state index contributed by atoms with van der Waals surface area (Å²) in [6, 6.07) is 4.87. The molecule has 31 heavy (non-hydrogen) atoms. The third kappa shape index (κ3) is 4.24. The van der Waals surface area contributed by atoms with Crippen molar-refractivity contribution in [2.45, 2.75) is 55.8 Å². The first-order chi connectivity index (χ1) is 14.8. The molecule has 2 aliphatic heterocycles. The highest BCUT2D eigenvalue weighted by Crippen LogP contribution is 2.38. The molecule has 8 heteroatoms. The van der Waals surface area contributed by atoms with Gasteiger partial charge in [0.1, 0.15) is 42.0 Å². The highest BCUT2D eigenvalue weighted by molar-refractivity contribution is 5.40.